The van der Waals surface area contributed by atoms with Gasteiger partial charge in [-0.25, -0.2) is 9.97 Å². The molecule has 1 saturated heterocycles. The number of ether oxygens (including phenoxy) is 1. The first kappa shape index (κ1) is 18.4. The van der Waals surface area contributed by atoms with Crippen LogP contribution in [0.5, 0.6) is 6.01 Å². The minimum absolute atomic E-state index is 0.0682. The van der Waals surface area contributed by atoms with E-state index in [9.17, 15) is 4.79 Å². The third-order valence-electron chi connectivity index (χ3n) is 4.62. The van der Waals surface area contributed by atoms with Crippen LogP contribution in [0.4, 0.5) is 0 Å². The fourth-order valence-electron chi connectivity index (χ4n) is 3.33. The van der Waals surface area contributed by atoms with Crippen molar-refractivity contribution in [2.24, 2.45) is 0 Å². The summed E-state index contributed by atoms with van der Waals surface area (Å²) in [6, 6.07) is 5.88. The first-order chi connectivity index (χ1) is 13.6. The number of benzene rings is 1. The predicted molar refractivity (Wildman–Crippen MR) is 103 cm³/mol. The minimum Gasteiger partial charge on any atom is -0.458 e. The number of rotatable bonds is 4. The van der Waals surface area contributed by atoms with Crippen LogP contribution in [0.15, 0.2) is 43.0 Å². The van der Waals surface area contributed by atoms with Crippen LogP contribution in [0.2, 0.25) is 5.02 Å². The number of aromatic nitrogens is 5. The summed E-state index contributed by atoms with van der Waals surface area (Å²) in [5.41, 5.74) is 2.20. The third kappa shape index (κ3) is 3.82. The zero-order valence-corrected chi connectivity index (χ0v) is 16.1. The van der Waals surface area contributed by atoms with Crippen molar-refractivity contribution in [3.8, 4) is 11.7 Å². The maximum atomic E-state index is 13.3. The lowest BCUT2D eigenvalue weighted by Gasteiger charge is -2.32. The molecule has 8 nitrogen and oxygen atoms in total. The molecule has 0 saturated carbocycles. The number of carbonyl (C=O) groups excluding carboxylic acids is 1. The highest BCUT2D eigenvalue weighted by atomic mass is 35.5. The van der Waals surface area contributed by atoms with Crippen molar-refractivity contribution in [1.82, 2.24) is 29.9 Å². The van der Waals surface area contributed by atoms with Gasteiger partial charge in [0.15, 0.2) is 0 Å². The molecule has 1 fully saturated rings. The van der Waals surface area contributed by atoms with Gasteiger partial charge in [-0.05, 0) is 31.4 Å². The fourth-order valence-corrected chi connectivity index (χ4v) is 3.43. The number of halogens is 1. The summed E-state index contributed by atoms with van der Waals surface area (Å²) >= 11 is 5.81. The lowest BCUT2D eigenvalue weighted by atomic mass is 10.0. The van der Waals surface area contributed by atoms with Crippen LogP contribution in [0, 0.1) is 6.92 Å². The first-order valence-corrected chi connectivity index (χ1v) is 9.39. The van der Waals surface area contributed by atoms with Crippen molar-refractivity contribution in [3.05, 3.63) is 59.1 Å². The molecular weight excluding hydrogens is 380 g/mol. The molecule has 2 aromatic heterocycles. The van der Waals surface area contributed by atoms with Gasteiger partial charge in [-0.2, -0.15) is 15.0 Å². The Bertz CT molecular complexity index is 961. The van der Waals surface area contributed by atoms with Crippen LogP contribution in [-0.4, -0.2) is 55.0 Å². The molecule has 0 aliphatic carbocycles. The molecule has 28 heavy (non-hydrogen) atoms. The fraction of sp³-hybridized carbons (Fsp3) is 0.316. The second-order valence-corrected chi connectivity index (χ2v) is 7.04. The van der Waals surface area contributed by atoms with E-state index in [0.29, 0.717) is 29.4 Å². The Morgan fingerprint density at radius 1 is 1.21 bits per heavy atom. The number of piperidine rings is 1. The third-order valence-corrected chi connectivity index (χ3v) is 4.82. The van der Waals surface area contributed by atoms with E-state index >= 15 is 0 Å². The maximum Gasteiger partial charge on any atom is 0.316 e. The Labute approximate surface area is 167 Å². The average molecular weight is 399 g/mol. The Hall–Kier alpha value is -3.00. The molecule has 1 atom stereocenters. The second kappa shape index (κ2) is 7.93. The summed E-state index contributed by atoms with van der Waals surface area (Å²) in [6.45, 7) is 3.07. The van der Waals surface area contributed by atoms with E-state index < -0.39 is 0 Å². The molecule has 0 radical (unpaired) electrons. The Morgan fingerprint density at radius 2 is 1.96 bits per heavy atom. The SMILES string of the molecule is Cc1cccc(C(=O)N2CCCC(Oc3ncc(Cl)cn3)C2)c1-n1nccn1. The number of carbonyl (C=O) groups is 1. The first-order valence-electron chi connectivity index (χ1n) is 9.01. The van der Waals surface area contributed by atoms with Crippen LogP contribution < -0.4 is 4.74 Å². The van der Waals surface area contributed by atoms with E-state index in [1.54, 1.807) is 23.4 Å². The van der Waals surface area contributed by atoms with Gasteiger partial charge < -0.3 is 9.64 Å². The number of hydrogen-bond acceptors (Lipinski definition) is 6. The van der Waals surface area contributed by atoms with E-state index in [2.05, 4.69) is 20.2 Å². The summed E-state index contributed by atoms with van der Waals surface area (Å²) in [6.07, 6.45) is 7.67. The van der Waals surface area contributed by atoms with E-state index in [4.69, 9.17) is 16.3 Å². The highest BCUT2D eigenvalue weighted by Crippen LogP contribution is 2.23. The molecule has 144 valence electrons. The molecule has 1 amide bonds. The number of hydrogen-bond donors (Lipinski definition) is 0. The van der Waals surface area contributed by atoms with Crippen LogP contribution in [0.3, 0.4) is 0 Å². The summed E-state index contributed by atoms with van der Waals surface area (Å²) in [4.78, 5) is 24.7. The van der Waals surface area contributed by atoms with Crippen LogP contribution in [0.25, 0.3) is 5.69 Å². The molecule has 0 spiro atoms. The molecule has 1 unspecified atom stereocenters. The molecule has 9 heteroatoms. The van der Waals surface area contributed by atoms with Crippen molar-refractivity contribution in [2.75, 3.05) is 13.1 Å². The lowest BCUT2D eigenvalue weighted by molar-refractivity contribution is 0.0515. The molecule has 1 aliphatic heterocycles. The van der Waals surface area contributed by atoms with Crippen molar-refractivity contribution < 1.29 is 9.53 Å². The monoisotopic (exact) mass is 398 g/mol. The molecule has 0 bridgehead atoms. The molecule has 1 aromatic carbocycles. The predicted octanol–water partition coefficient (Wildman–Crippen LogP) is 2.70. The zero-order chi connectivity index (χ0) is 19.5. The quantitative estimate of drug-likeness (QED) is 0.671. The smallest absolute Gasteiger partial charge is 0.316 e. The molecule has 0 N–H and O–H groups in total. The number of likely N-dealkylation sites (tertiary alicyclic amines) is 1. The number of amides is 1. The van der Waals surface area contributed by atoms with E-state index in [-0.39, 0.29) is 18.0 Å². The summed E-state index contributed by atoms with van der Waals surface area (Å²) in [5.74, 6) is -0.0682. The van der Waals surface area contributed by atoms with Gasteiger partial charge in [0.1, 0.15) is 11.8 Å². The standard InChI is InChI=1S/C19H19ClN6O2/c1-13-4-2-6-16(17(13)26-23-7-8-24-26)18(27)25-9-3-5-15(12-25)28-19-21-10-14(20)11-22-19/h2,4,6-8,10-11,15H,3,5,9,12H2,1H3. The van der Waals surface area contributed by atoms with Gasteiger partial charge in [-0.15, -0.1) is 0 Å². The summed E-state index contributed by atoms with van der Waals surface area (Å²) in [5, 5.41) is 8.84. The van der Waals surface area contributed by atoms with Crippen molar-refractivity contribution >= 4 is 17.5 Å². The van der Waals surface area contributed by atoms with Gasteiger partial charge in [-0.1, -0.05) is 23.7 Å². The Morgan fingerprint density at radius 3 is 2.71 bits per heavy atom. The van der Waals surface area contributed by atoms with Gasteiger partial charge in [0.25, 0.3) is 5.91 Å². The van der Waals surface area contributed by atoms with Crippen molar-refractivity contribution in [3.63, 3.8) is 0 Å². The molecule has 3 aromatic rings. The summed E-state index contributed by atoms with van der Waals surface area (Å²) < 4.78 is 5.85. The maximum absolute atomic E-state index is 13.3. The second-order valence-electron chi connectivity index (χ2n) is 6.61. The average Bonchev–Trinajstić information content (AvgIpc) is 3.23. The van der Waals surface area contributed by atoms with Crippen LogP contribution in [0.1, 0.15) is 28.8 Å². The Kier molecular flexibility index (Phi) is 5.21. The number of nitrogens with zero attached hydrogens (tertiary/aromatic N) is 6. The minimum atomic E-state index is -0.171. The molecular formula is C19H19ClN6O2. The van der Waals surface area contributed by atoms with Crippen LogP contribution in [-0.2, 0) is 0 Å². The highest BCUT2D eigenvalue weighted by molar-refractivity contribution is 6.30. The molecule has 1 aliphatic rings. The number of aryl methyl sites for hydroxylation is 1. The Balaban J connectivity index is 1.54. The van der Waals surface area contributed by atoms with E-state index in [1.807, 2.05) is 19.1 Å². The van der Waals surface area contributed by atoms with Gasteiger partial charge in [0, 0.05) is 6.54 Å². The normalized spacial score (nSPS) is 16.8. The van der Waals surface area contributed by atoms with Crippen molar-refractivity contribution in [2.45, 2.75) is 25.9 Å². The van der Waals surface area contributed by atoms with Gasteiger partial charge in [-0.3, -0.25) is 4.79 Å². The van der Waals surface area contributed by atoms with E-state index in [0.717, 1.165) is 18.4 Å². The largest absolute Gasteiger partial charge is 0.458 e. The van der Waals surface area contributed by atoms with Gasteiger partial charge in [0.05, 0.1) is 41.9 Å². The van der Waals surface area contributed by atoms with E-state index in [1.165, 1.54) is 17.2 Å². The lowest BCUT2D eigenvalue weighted by Crippen LogP contribution is -2.44. The molecule has 4 rings (SSSR count). The highest BCUT2D eigenvalue weighted by Gasteiger charge is 2.28. The van der Waals surface area contributed by atoms with Gasteiger partial charge in [0.2, 0.25) is 0 Å². The summed E-state index contributed by atoms with van der Waals surface area (Å²) in [7, 11) is 0. The zero-order valence-electron chi connectivity index (χ0n) is 15.3. The topological polar surface area (TPSA) is 86.0 Å². The van der Waals surface area contributed by atoms with Gasteiger partial charge >= 0.3 is 6.01 Å². The number of para-hydroxylation sites is 1. The molecule has 3 heterocycles. The van der Waals surface area contributed by atoms with Crippen LogP contribution >= 0.6 is 11.6 Å². The van der Waals surface area contributed by atoms with Crippen molar-refractivity contribution in [1.29, 1.82) is 0 Å².